The Labute approximate surface area is 171 Å². The molecule has 1 aliphatic rings. The van der Waals surface area contributed by atoms with Gasteiger partial charge in [0.2, 0.25) is 5.91 Å². The highest BCUT2D eigenvalue weighted by Gasteiger charge is 2.23. The summed E-state index contributed by atoms with van der Waals surface area (Å²) >= 11 is 6.14. The summed E-state index contributed by atoms with van der Waals surface area (Å²) in [7, 11) is 0. The van der Waals surface area contributed by atoms with Crippen LogP contribution < -0.4 is 15.5 Å². The minimum absolute atomic E-state index is 0.0625. The van der Waals surface area contributed by atoms with Crippen LogP contribution >= 0.6 is 11.6 Å². The fraction of sp³-hybridized carbons (Fsp3) is 0.364. The smallest absolute Gasteiger partial charge is 0.251 e. The Morgan fingerprint density at radius 3 is 2.71 bits per heavy atom. The fourth-order valence-electron chi connectivity index (χ4n) is 3.46. The molecule has 1 heterocycles. The lowest BCUT2D eigenvalue weighted by Crippen LogP contribution is -2.38. The molecule has 0 unspecified atom stereocenters. The van der Waals surface area contributed by atoms with Gasteiger partial charge in [-0.3, -0.25) is 9.59 Å². The van der Waals surface area contributed by atoms with Crippen molar-refractivity contribution in [2.75, 3.05) is 23.3 Å². The molecule has 0 spiro atoms. The Bertz CT molecular complexity index is 895. The van der Waals surface area contributed by atoms with Gasteiger partial charge in [0.1, 0.15) is 0 Å². The Morgan fingerprint density at radius 2 is 2.00 bits per heavy atom. The molecule has 2 N–H and O–H groups in total. The van der Waals surface area contributed by atoms with E-state index in [0.29, 0.717) is 16.3 Å². The number of fused-ring (bicyclic) bond motifs is 1. The fourth-order valence-corrected chi connectivity index (χ4v) is 3.64. The van der Waals surface area contributed by atoms with E-state index in [9.17, 15) is 9.59 Å². The van der Waals surface area contributed by atoms with E-state index in [1.165, 1.54) is 0 Å². The van der Waals surface area contributed by atoms with Crippen LogP contribution in [0.1, 0.15) is 41.8 Å². The summed E-state index contributed by atoms with van der Waals surface area (Å²) in [5, 5.41) is 6.49. The second kappa shape index (κ2) is 8.65. The summed E-state index contributed by atoms with van der Waals surface area (Å²) in [4.78, 5) is 27.1. The first-order valence-corrected chi connectivity index (χ1v) is 9.96. The predicted octanol–water partition coefficient (Wildman–Crippen LogP) is 4.18. The van der Waals surface area contributed by atoms with Gasteiger partial charge in [-0.25, -0.2) is 0 Å². The molecule has 148 valence electrons. The SMILES string of the molecule is Cc1ccc(NC(=O)CN2CCCc3c(C(=O)NC(C)C)cccc32)cc1Cl. The molecular formula is C22H26ClN3O2. The van der Waals surface area contributed by atoms with Crippen LogP contribution in [0.3, 0.4) is 0 Å². The number of halogens is 1. The Morgan fingerprint density at radius 1 is 1.21 bits per heavy atom. The normalized spacial score (nSPS) is 13.2. The van der Waals surface area contributed by atoms with Gasteiger partial charge in [0.15, 0.2) is 0 Å². The first-order valence-electron chi connectivity index (χ1n) is 9.59. The molecule has 0 fully saturated rings. The number of anilines is 2. The average Bonchev–Trinajstić information content (AvgIpc) is 2.64. The van der Waals surface area contributed by atoms with Crippen molar-refractivity contribution in [1.29, 1.82) is 0 Å². The summed E-state index contributed by atoms with van der Waals surface area (Å²) in [5.41, 5.74) is 4.32. The van der Waals surface area contributed by atoms with E-state index in [1.807, 2.05) is 56.0 Å². The van der Waals surface area contributed by atoms with Gasteiger partial charge in [-0.05, 0) is 69.0 Å². The number of nitrogens with zero attached hydrogens (tertiary/aromatic N) is 1. The first-order chi connectivity index (χ1) is 13.3. The van der Waals surface area contributed by atoms with Gasteiger partial charge in [-0.2, -0.15) is 0 Å². The van der Waals surface area contributed by atoms with Crippen molar-refractivity contribution in [1.82, 2.24) is 5.32 Å². The highest BCUT2D eigenvalue weighted by Crippen LogP contribution is 2.30. The van der Waals surface area contributed by atoms with Crippen LogP contribution in [0.4, 0.5) is 11.4 Å². The van der Waals surface area contributed by atoms with Crippen molar-refractivity contribution in [2.24, 2.45) is 0 Å². The van der Waals surface area contributed by atoms with Crippen molar-refractivity contribution in [3.8, 4) is 0 Å². The molecule has 6 heteroatoms. The quantitative estimate of drug-likeness (QED) is 0.792. The molecule has 2 aromatic rings. The van der Waals surface area contributed by atoms with Crippen molar-refractivity contribution in [3.63, 3.8) is 0 Å². The minimum Gasteiger partial charge on any atom is -0.362 e. The maximum Gasteiger partial charge on any atom is 0.251 e. The topological polar surface area (TPSA) is 61.4 Å². The van der Waals surface area contributed by atoms with Crippen molar-refractivity contribution < 1.29 is 9.59 Å². The molecule has 3 rings (SSSR count). The van der Waals surface area contributed by atoms with Crippen LogP contribution in [0.25, 0.3) is 0 Å². The number of aryl methyl sites for hydroxylation is 1. The van der Waals surface area contributed by atoms with E-state index in [2.05, 4.69) is 10.6 Å². The zero-order valence-corrected chi connectivity index (χ0v) is 17.3. The number of nitrogens with one attached hydrogen (secondary N) is 2. The van der Waals surface area contributed by atoms with E-state index in [0.717, 1.165) is 36.2 Å². The van der Waals surface area contributed by atoms with Crippen molar-refractivity contribution in [2.45, 2.75) is 39.7 Å². The van der Waals surface area contributed by atoms with E-state index >= 15 is 0 Å². The molecule has 0 aromatic heterocycles. The second-order valence-electron chi connectivity index (χ2n) is 7.47. The van der Waals surface area contributed by atoms with Crippen LogP contribution in [-0.2, 0) is 11.2 Å². The molecule has 2 amide bonds. The Hall–Kier alpha value is -2.53. The van der Waals surface area contributed by atoms with Gasteiger partial charge in [-0.1, -0.05) is 23.7 Å². The monoisotopic (exact) mass is 399 g/mol. The number of hydrogen-bond acceptors (Lipinski definition) is 3. The first kappa shape index (κ1) is 20.2. The third-order valence-electron chi connectivity index (χ3n) is 4.80. The van der Waals surface area contributed by atoms with E-state index in [4.69, 9.17) is 11.6 Å². The molecule has 5 nitrogen and oxygen atoms in total. The van der Waals surface area contributed by atoms with Gasteiger partial charge in [0.25, 0.3) is 5.91 Å². The molecule has 0 aliphatic carbocycles. The molecule has 0 bridgehead atoms. The van der Waals surface area contributed by atoms with E-state index in [1.54, 1.807) is 6.07 Å². The largest absolute Gasteiger partial charge is 0.362 e. The van der Waals surface area contributed by atoms with E-state index < -0.39 is 0 Å². The number of rotatable bonds is 5. The van der Waals surface area contributed by atoms with Crippen molar-refractivity contribution in [3.05, 3.63) is 58.1 Å². The Balaban J connectivity index is 1.75. The molecule has 1 aliphatic heterocycles. The number of hydrogen-bond donors (Lipinski definition) is 2. The lowest BCUT2D eigenvalue weighted by Gasteiger charge is -2.32. The van der Waals surface area contributed by atoms with Crippen LogP contribution in [-0.4, -0.2) is 30.9 Å². The van der Waals surface area contributed by atoms with Gasteiger partial charge < -0.3 is 15.5 Å². The highest BCUT2D eigenvalue weighted by atomic mass is 35.5. The predicted molar refractivity (Wildman–Crippen MR) is 114 cm³/mol. The van der Waals surface area contributed by atoms with Gasteiger partial charge >= 0.3 is 0 Å². The molecule has 28 heavy (non-hydrogen) atoms. The van der Waals surface area contributed by atoms with Crippen LogP contribution in [0.5, 0.6) is 0 Å². The standard InChI is InChI=1S/C22H26ClN3O2/c1-14(2)24-22(28)18-6-4-8-20-17(18)7-5-11-26(20)13-21(27)25-16-10-9-15(3)19(23)12-16/h4,6,8-10,12,14H,5,7,11,13H2,1-3H3,(H,24,28)(H,25,27). The van der Waals surface area contributed by atoms with Gasteiger partial charge in [-0.15, -0.1) is 0 Å². The minimum atomic E-state index is -0.107. The van der Waals surface area contributed by atoms with Crippen LogP contribution in [0, 0.1) is 6.92 Å². The summed E-state index contributed by atoms with van der Waals surface area (Å²) < 4.78 is 0. The summed E-state index contributed by atoms with van der Waals surface area (Å²) in [5.74, 6) is -0.169. The molecule has 2 aromatic carbocycles. The van der Waals surface area contributed by atoms with Crippen molar-refractivity contribution >= 4 is 34.8 Å². The number of carbonyl (C=O) groups excluding carboxylic acids is 2. The Kier molecular flexibility index (Phi) is 6.25. The average molecular weight is 400 g/mol. The van der Waals surface area contributed by atoms with Gasteiger partial charge in [0.05, 0.1) is 6.54 Å². The maximum atomic E-state index is 12.6. The zero-order chi connectivity index (χ0) is 20.3. The molecule has 0 saturated carbocycles. The lowest BCUT2D eigenvalue weighted by atomic mass is 9.95. The lowest BCUT2D eigenvalue weighted by molar-refractivity contribution is -0.115. The second-order valence-corrected chi connectivity index (χ2v) is 7.88. The van der Waals surface area contributed by atoms with Crippen LogP contribution in [0.15, 0.2) is 36.4 Å². The third-order valence-corrected chi connectivity index (χ3v) is 5.21. The van der Waals surface area contributed by atoms with Crippen LogP contribution in [0.2, 0.25) is 5.02 Å². The molecular weight excluding hydrogens is 374 g/mol. The number of carbonyl (C=O) groups is 2. The molecule has 0 radical (unpaired) electrons. The summed E-state index contributed by atoms with van der Waals surface area (Å²) in [6.07, 6.45) is 1.74. The maximum absolute atomic E-state index is 12.6. The highest BCUT2D eigenvalue weighted by molar-refractivity contribution is 6.31. The third kappa shape index (κ3) is 4.65. The molecule has 0 atom stereocenters. The number of benzene rings is 2. The number of amides is 2. The zero-order valence-electron chi connectivity index (χ0n) is 16.5. The summed E-state index contributed by atoms with van der Waals surface area (Å²) in [6, 6.07) is 11.3. The van der Waals surface area contributed by atoms with Gasteiger partial charge in [0, 0.05) is 34.5 Å². The molecule has 0 saturated heterocycles. The van der Waals surface area contributed by atoms with E-state index in [-0.39, 0.29) is 24.4 Å². The summed E-state index contributed by atoms with van der Waals surface area (Å²) in [6.45, 7) is 6.83.